The Balaban J connectivity index is 1.87. The summed E-state index contributed by atoms with van der Waals surface area (Å²) in [5.74, 6) is -0.100. The highest BCUT2D eigenvalue weighted by Gasteiger charge is 2.15. The molecule has 0 aliphatic heterocycles. The average Bonchev–Trinajstić information content (AvgIpc) is 3.02. The van der Waals surface area contributed by atoms with Gasteiger partial charge in [-0.25, -0.2) is 13.1 Å². The van der Waals surface area contributed by atoms with Crippen LogP contribution in [0.15, 0.2) is 59.6 Å². The van der Waals surface area contributed by atoms with Gasteiger partial charge in [-0.2, -0.15) is 0 Å². The van der Waals surface area contributed by atoms with E-state index < -0.39 is 15.7 Å². The van der Waals surface area contributed by atoms with E-state index >= 15 is 0 Å². The number of carbonyl (C=O) groups is 1. The third-order valence-corrected chi connectivity index (χ3v) is 5.24. The summed E-state index contributed by atoms with van der Waals surface area (Å²) in [6, 6.07) is 13.3. The molecule has 0 radical (unpaired) electrons. The topological polar surface area (TPSA) is 81.1 Å². The highest BCUT2D eigenvalue weighted by Crippen LogP contribution is 2.21. The molecule has 0 saturated heterocycles. The van der Waals surface area contributed by atoms with Crippen LogP contribution in [0.2, 0.25) is 5.02 Å². The number of nitrogens with one attached hydrogen (secondary N) is 1. The number of hydrogen-bond donors (Lipinski definition) is 1. The minimum absolute atomic E-state index is 0.0925. The van der Waals surface area contributed by atoms with E-state index in [-0.39, 0.29) is 10.5 Å². The molecule has 0 saturated carbocycles. The van der Waals surface area contributed by atoms with Gasteiger partial charge in [0.1, 0.15) is 0 Å². The summed E-state index contributed by atoms with van der Waals surface area (Å²) >= 11 is 6.15. The smallest absolute Gasteiger partial charge is 0.257 e. The second-order valence-electron chi connectivity index (χ2n) is 5.80. The summed E-state index contributed by atoms with van der Waals surface area (Å²) in [7, 11) is -3.40. The summed E-state index contributed by atoms with van der Waals surface area (Å²) in [4.78, 5) is 12.6. The number of para-hydroxylation sites is 1. The van der Waals surface area contributed by atoms with Crippen LogP contribution in [0.5, 0.6) is 0 Å². The fourth-order valence-corrected chi connectivity index (χ4v) is 3.29. The molecule has 0 aliphatic rings. The van der Waals surface area contributed by atoms with E-state index in [1.165, 1.54) is 12.1 Å². The zero-order valence-corrected chi connectivity index (χ0v) is 15.7. The quantitative estimate of drug-likeness (QED) is 0.740. The number of aromatic nitrogens is 2. The summed E-state index contributed by atoms with van der Waals surface area (Å²) in [6.45, 7) is 1.74. The Kier molecular flexibility index (Phi) is 4.84. The number of carbonyl (C=O) groups excluding carboxylic acids is 1. The van der Waals surface area contributed by atoms with Crippen LogP contribution >= 0.6 is 11.6 Å². The molecule has 134 valence electrons. The van der Waals surface area contributed by atoms with Crippen molar-refractivity contribution in [3.8, 4) is 5.69 Å². The van der Waals surface area contributed by atoms with Gasteiger partial charge >= 0.3 is 0 Å². The van der Waals surface area contributed by atoms with Crippen molar-refractivity contribution in [1.29, 1.82) is 0 Å². The van der Waals surface area contributed by atoms with Gasteiger partial charge in [-0.15, -0.1) is 5.10 Å². The Hall–Kier alpha value is -2.64. The van der Waals surface area contributed by atoms with E-state index in [0.29, 0.717) is 22.1 Å². The Bertz CT molecular complexity index is 1090. The molecule has 2 aromatic carbocycles. The van der Waals surface area contributed by atoms with Crippen molar-refractivity contribution >= 4 is 33.2 Å². The van der Waals surface area contributed by atoms with Gasteiger partial charge in [0.05, 0.1) is 15.6 Å². The van der Waals surface area contributed by atoms with Crippen molar-refractivity contribution in [3.63, 3.8) is 0 Å². The fraction of sp³-hybridized carbons (Fsp3) is 0.111. The zero-order valence-electron chi connectivity index (χ0n) is 14.1. The molecule has 0 spiro atoms. The van der Waals surface area contributed by atoms with E-state index in [1.807, 2.05) is 12.1 Å². The molecule has 0 aliphatic carbocycles. The maximum absolute atomic E-state index is 12.5. The molecule has 8 heteroatoms. The number of anilines is 1. The van der Waals surface area contributed by atoms with E-state index in [4.69, 9.17) is 11.6 Å². The van der Waals surface area contributed by atoms with Gasteiger partial charge in [-0.3, -0.25) is 4.79 Å². The van der Waals surface area contributed by atoms with Crippen molar-refractivity contribution in [1.82, 2.24) is 9.78 Å². The molecular formula is C18H16ClN3O3S. The van der Waals surface area contributed by atoms with Crippen LogP contribution in [-0.2, 0) is 9.84 Å². The first-order chi connectivity index (χ1) is 12.3. The van der Waals surface area contributed by atoms with Crippen LogP contribution in [0, 0.1) is 6.92 Å². The minimum Gasteiger partial charge on any atom is -0.305 e. The molecule has 26 heavy (non-hydrogen) atoms. The molecule has 0 fully saturated rings. The lowest BCUT2D eigenvalue weighted by atomic mass is 10.1. The van der Waals surface area contributed by atoms with Crippen LogP contribution in [0.3, 0.4) is 0 Å². The van der Waals surface area contributed by atoms with Crippen LogP contribution in [0.25, 0.3) is 5.69 Å². The lowest BCUT2D eigenvalue weighted by Gasteiger charge is -2.08. The molecule has 3 aromatic rings. The van der Waals surface area contributed by atoms with Gasteiger partial charge in [0.2, 0.25) is 0 Å². The second-order valence-corrected chi connectivity index (χ2v) is 8.22. The normalized spacial score (nSPS) is 11.3. The third-order valence-electron chi connectivity index (χ3n) is 3.81. The van der Waals surface area contributed by atoms with Crippen molar-refractivity contribution in [2.45, 2.75) is 11.8 Å². The van der Waals surface area contributed by atoms with Crippen molar-refractivity contribution < 1.29 is 13.2 Å². The number of sulfone groups is 1. The van der Waals surface area contributed by atoms with Crippen LogP contribution in [0.1, 0.15) is 15.9 Å². The molecule has 6 nitrogen and oxygen atoms in total. The predicted octanol–water partition coefficient (Wildman–Crippen LogP) is 3.49. The van der Waals surface area contributed by atoms with Gasteiger partial charge in [0.15, 0.2) is 15.7 Å². The van der Waals surface area contributed by atoms with Crippen LogP contribution in [-0.4, -0.2) is 30.4 Å². The molecule has 1 aromatic heterocycles. The number of hydrogen-bond acceptors (Lipinski definition) is 4. The van der Waals surface area contributed by atoms with Gasteiger partial charge in [0.25, 0.3) is 5.91 Å². The molecule has 3 rings (SSSR count). The first-order valence-corrected chi connectivity index (χ1v) is 9.95. The summed E-state index contributed by atoms with van der Waals surface area (Å²) in [5, 5.41) is 7.50. The van der Waals surface area contributed by atoms with Crippen molar-refractivity contribution in [2.75, 3.05) is 11.6 Å². The van der Waals surface area contributed by atoms with E-state index in [9.17, 15) is 13.2 Å². The number of aryl methyl sites for hydroxylation is 1. The van der Waals surface area contributed by atoms with Crippen LogP contribution in [0.4, 0.5) is 5.82 Å². The molecule has 1 amide bonds. The number of benzene rings is 2. The fourth-order valence-electron chi connectivity index (χ4n) is 2.42. The second kappa shape index (κ2) is 6.93. The Morgan fingerprint density at radius 2 is 1.88 bits per heavy atom. The van der Waals surface area contributed by atoms with Crippen molar-refractivity contribution in [2.24, 2.45) is 0 Å². The SMILES string of the molecule is Cc1ccc(S(C)(=O)=O)cc1C(=O)Nc1ccn(-c2ccccc2Cl)n1. The number of nitrogens with zero attached hydrogens (tertiary/aromatic N) is 2. The van der Waals surface area contributed by atoms with Gasteiger partial charge < -0.3 is 5.32 Å². The van der Waals surface area contributed by atoms with E-state index in [2.05, 4.69) is 10.4 Å². The molecular weight excluding hydrogens is 374 g/mol. The van der Waals surface area contributed by atoms with E-state index in [1.54, 1.807) is 42.1 Å². The monoisotopic (exact) mass is 389 g/mol. The maximum Gasteiger partial charge on any atom is 0.257 e. The first-order valence-electron chi connectivity index (χ1n) is 7.68. The Labute approximate surface area is 156 Å². The molecule has 0 atom stereocenters. The van der Waals surface area contributed by atoms with Gasteiger partial charge in [-0.1, -0.05) is 29.8 Å². The van der Waals surface area contributed by atoms with Crippen molar-refractivity contribution in [3.05, 3.63) is 70.9 Å². The average molecular weight is 390 g/mol. The highest BCUT2D eigenvalue weighted by molar-refractivity contribution is 7.90. The molecule has 1 heterocycles. The highest BCUT2D eigenvalue weighted by atomic mass is 35.5. The first kappa shape index (κ1) is 18.2. The molecule has 0 unspecified atom stereocenters. The van der Waals surface area contributed by atoms with Crippen LogP contribution < -0.4 is 5.32 Å². The standard InChI is InChI=1S/C18H16ClN3O3S/c1-12-7-8-13(26(2,24)25)11-14(12)18(23)20-17-9-10-22(21-17)16-6-4-3-5-15(16)19/h3-11H,1-2H3,(H,20,21,23). The number of rotatable bonds is 4. The summed E-state index contributed by atoms with van der Waals surface area (Å²) in [5.41, 5.74) is 1.63. The number of halogens is 1. The third kappa shape index (κ3) is 3.79. The van der Waals surface area contributed by atoms with Gasteiger partial charge in [0, 0.05) is 24.1 Å². The minimum atomic E-state index is -3.40. The lowest BCUT2D eigenvalue weighted by Crippen LogP contribution is -2.15. The largest absolute Gasteiger partial charge is 0.305 e. The Morgan fingerprint density at radius 3 is 2.58 bits per heavy atom. The molecule has 1 N–H and O–H groups in total. The number of amides is 1. The zero-order chi connectivity index (χ0) is 18.9. The summed E-state index contributed by atoms with van der Waals surface area (Å²) < 4.78 is 25.0. The van der Waals surface area contributed by atoms with Gasteiger partial charge in [-0.05, 0) is 36.8 Å². The Morgan fingerprint density at radius 1 is 1.15 bits per heavy atom. The summed E-state index contributed by atoms with van der Waals surface area (Å²) in [6.07, 6.45) is 2.78. The maximum atomic E-state index is 12.5. The lowest BCUT2D eigenvalue weighted by molar-refractivity contribution is 0.102. The predicted molar refractivity (Wildman–Crippen MR) is 101 cm³/mol. The van der Waals surface area contributed by atoms with E-state index in [0.717, 1.165) is 6.26 Å². The molecule has 0 bridgehead atoms.